The summed E-state index contributed by atoms with van der Waals surface area (Å²) in [6.07, 6.45) is 0.898. The van der Waals surface area contributed by atoms with Crippen LogP contribution < -0.4 is 4.90 Å². The third kappa shape index (κ3) is 3.38. The van der Waals surface area contributed by atoms with Crippen LogP contribution in [0.2, 0.25) is 5.02 Å². The number of fused-ring (bicyclic) bond motifs is 1. The molecule has 2 heterocycles. The van der Waals surface area contributed by atoms with Gasteiger partial charge in [-0.25, -0.2) is 8.42 Å². The third-order valence-corrected chi connectivity index (χ3v) is 6.99. The number of hydrogen-bond acceptors (Lipinski definition) is 4. The number of sulfone groups is 1. The molecular weight excluding hydrogens is 330 g/mol. The summed E-state index contributed by atoms with van der Waals surface area (Å²) in [7, 11) is -2.94. The number of carbonyl (C=O) groups is 1. The Hall–Kier alpha value is -0.720. The van der Waals surface area contributed by atoms with Crippen molar-refractivity contribution in [2.45, 2.75) is 17.7 Å². The van der Waals surface area contributed by atoms with Gasteiger partial charge in [0.25, 0.3) is 0 Å². The van der Waals surface area contributed by atoms with Crippen molar-refractivity contribution in [2.24, 2.45) is 5.92 Å². The molecule has 0 aliphatic carbocycles. The van der Waals surface area contributed by atoms with Gasteiger partial charge in [0.2, 0.25) is 5.91 Å². The maximum atomic E-state index is 12.5. The molecule has 21 heavy (non-hydrogen) atoms. The second-order valence-electron chi connectivity index (χ2n) is 5.48. The second-order valence-corrected chi connectivity index (χ2v) is 9.28. The van der Waals surface area contributed by atoms with E-state index < -0.39 is 9.84 Å². The summed E-state index contributed by atoms with van der Waals surface area (Å²) in [4.78, 5) is 15.3. The predicted octanol–water partition coefficient (Wildman–Crippen LogP) is 2.60. The average Bonchev–Trinajstić information content (AvgIpc) is 2.77. The van der Waals surface area contributed by atoms with Crippen LogP contribution in [0.1, 0.15) is 12.8 Å². The Kier molecular flexibility index (Phi) is 4.21. The molecule has 1 fully saturated rings. The van der Waals surface area contributed by atoms with Crippen LogP contribution in [0.25, 0.3) is 0 Å². The first-order valence-corrected chi connectivity index (χ1v) is 10.1. The molecule has 0 aromatic heterocycles. The minimum Gasteiger partial charge on any atom is -0.310 e. The Morgan fingerprint density at radius 1 is 1.43 bits per heavy atom. The first-order valence-electron chi connectivity index (χ1n) is 6.88. The minimum absolute atomic E-state index is 0.000849. The molecule has 7 heteroatoms. The topological polar surface area (TPSA) is 54.5 Å². The summed E-state index contributed by atoms with van der Waals surface area (Å²) in [5.74, 6) is 1.16. The fourth-order valence-corrected chi connectivity index (χ4v) is 5.84. The van der Waals surface area contributed by atoms with Crippen molar-refractivity contribution in [2.75, 3.05) is 28.7 Å². The molecule has 1 atom stereocenters. The van der Waals surface area contributed by atoms with Gasteiger partial charge < -0.3 is 4.90 Å². The Labute approximate surface area is 133 Å². The van der Waals surface area contributed by atoms with Crippen molar-refractivity contribution < 1.29 is 13.2 Å². The third-order valence-electron chi connectivity index (χ3n) is 3.88. The molecule has 1 aromatic carbocycles. The van der Waals surface area contributed by atoms with Gasteiger partial charge in [0.15, 0.2) is 9.84 Å². The van der Waals surface area contributed by atoms with E-state index in [1.165, 1.54) is 0 Å². The average molecular weight is 346 g/mol. The summed E-state index contributed by atoms with van der Waals surface area (Å²) in [5.41, 5.74) is 0.851. The van der Waals surface area contributed by atoms with E-state index in [0.29, 0.717) is 24.4 Å². The number of halogens is 1. The van der Waals surface area contributed by atoms with Gasteiger partial charge in [-0.1, -0.05) is 11.6 Å². The van der Waals surface area contributed by atoms with E-state index >= 15 is 0 Å². The zero-order valence-corrected chi connectivity index (χ0v) is 13.8. The van der Waals surface area contributed by atoms with Crippen LogP contribution in [0.15, 0.2) is 23.1 Å². The molecule has 2 aliphatic rings. The Bertz CT molecular complexity index is 675. The lowest BCUT2D eigenvalue weighted by Gasteiger charge is -2.30. The number of nitrogens with zero attached hydrogens (tertiary/aromatic N) is 1. The quantitative estimate of drug-likeness (QED) is 0.826. The second kappa shape index (κ2) is 5.82. The van der Waals surface area contributed by atoms with Crippen LogP contribution in [0, 0.1) is 5.92 Å². The van der Waals surface area contributed by atoms with Crippen molar-refractivity contribution >= 4 is 44.8 Å². The first-order chi connectivity index (χ1) is 9.94. The van der Waals surface area contributed by atoms with Gasteiger partial charge in [-0.2, -0.15) is 0 Å². The lowest BCUT2D eigenvalue weighted by Crippen LogP contribution is -2.36. The number of thioether (sulfide) groups is 1. The highest BCUT2D eigenvalue weighted by molar-refractivity contribution is 7.99. The van der Waals surface area contributed by atoms with Crippen LogP contribution in [-0.4, -0.2) is 38.1 Å². The molecule has 3 rings (SSSR count). The van der Waals surface area contributed by atoms with E-state index in [0.717, 1.165) is 16.3 Å². The van der Waals surface area contributed by atoms with Gasteiger partial charge in [0.1, 0.15) is 0 Å². The van der Waals surface area contributed by atoms with Crippen molar-refractivity contribution in [3.63, 3.8) is 0 Å². The van der Waals surface area contributed by atoms with Crippen molar-refractivity contribution in [1.29, 1.82) is 0 Å². The van der Waals surface area contributed by atoms with Gasteiger partial charge in [-0.3, -0.25) is 4.79 Å². The van der Waals surface area contributed by atoms with Crippen molar-refractivity contribution in [3.05, 3.63) is 23.2 Å². The number of anilines is 1. The molecule has 1 amide bonds. The highest BCUT2D eigenvalue weighted by Gasteiger charge is 2.32. The molecule has 0 spiro atoms. The molecular formula is C14H16ClNO3S2. The van der Waals surface area contributed by atoms with Crippen molar-refractivity contribution in [1.82, 2.24) is 0 Å². The molecule has 2 aliphatic heterocycles. The SMILES string of the molecule is O=C(C[C@H]1CCS(=O)(=O)C1)N1CCSc2ccc(Cl)cc21. The summed E-state index contributed by atoms with van der Waals surface area (Å²) in [6, 6.07) is 5.57. The van der Waals surface area contributed by atoms with Crippen LogP contribution in [-0.2, 0) is 14.6 Å². The van der Waals surface area contributed by atoms with E-state index in [4.69, 9.17) is 11.6 Å². The maximum absolute atomic E-state index is 12.5. The van der Waals surface area contributed by atoms with E-state index in [9.17, 15) is 13.2 Å². The molecule has 0 saturated carbocycles. The number of hydrogen-bond donors (Lipinski definition) is 0. The summed E-state index contributed by atoms with van der Waals surface area (Å²) in [5, 5.41) is 0.609. The van der Waals surface area contributed by atoms with E-state index in [1.54, 1.807) is 16.7 Å². The number of benzene rings is 1. The minimum atomic E-state index is -2.94. The molecule has 0 bridgehead atoms. The lowest BCUT2D eigenvalue weighted by molar-refractivity contribution is -0.119. The van der Waals surface area contributed by atoms with E-state index in [2.05, 4.69) is 0 Å². The first kappa shape index (κ1) is 15.2. The predicted molar refractivity (Wildman–Crippen MR) is 85.9 cm³/mol. The van der Waals surface area contributed by atoms with Gasteiger partial charge in [0.05, 0.1) is 17.2 Å². The maximum Gasteiger partial charge on any atom is 0.227 e. The van der Waals surface area contributed by atoms with Crippen LogP contribution in [0.4, 0.5) is 5.69 Å². The van der Waals surface area contributed by atoms with Gasteiger partial charge in [-0.05, 0) is 30.5 Å². The number of amides is 1. The van der Waals surface area contributed by atoms with E-state index in [-0.39, 0.29) is 23.3 Å². The number of rotatable bonds is 2. The fourth-order valence-electron chi connectivity index (χ4n) is 2.84. The van der Waals surface area contributed by atoms with Crippen LogP contribution in [0.3, 0.4) is 0 Å². The highest BCUT2D eigenvalue weighted by atomic mass is 35.5. The lowest BCUT2D eigenvalue weighted by atomic mass is 10.0. The van der Waals surface area contributed by atoms with Gasteiger partial charge in [-0.15, -0.1) is 11.8 Å². The zero-order chi connectivity index (χ0) is 15.0. The van der Waals surface area contributed by atoms with E-state index in [1.807, 2.05) is 18.2 Å². The molecule has 0 N–H and O–H groups in total. The smallest absolute Gasteiger partial charge is 0.227 e. The monoisotopic (exact) mass is 345 g/mol. The summed E-state index contributed by atoms with van der Waals surface area (Å²) in [6.45, 7) is 0.649. The zero-order valence-electron chi connectivity index (χ0n) is 11.4. The normalized spacial score (nSPS) is 23.9. The van der Waals surface area contributed by atoms with Crippen LogP contribution >= 0.6 is 23.4 Å². The molecule has 4 nitrogen and oxygen atoms in total. The fraction of sp³-hybridized carbons (Fsp3) is 0.500. The Morgan fingerprint density at radius 3 is 2.95 bits per heavy atom. The van der Waals surface area contributed by atoms with Gasteiger partial charge in [0, 0.05) is 28.6 Å². The summed E-state index contributed by atoms with van der Waals surface area (Å²) >= 11 is 7.74. The Balaban J connectivity index is 1.76. The standard InChI is InChI=1S/C14H16ClNO3S2/c15-11-1-2-13-12(8-11)16(4-5-20-13)14(17)7-10-3-6-21(18,19)9-10/h1-2,8,10H,3-7,9H2/t10-/m1/s1. The number of carbonyl (C=O) groups excluding carboxylic acids is 1. The summed E-state index contributed by atoms with van der Waals surface area (Å²) < 4.78 is 23.0. The molecule has 1 saturated heterocycles. The molecule has 0 unspecified atom stereocenters. The van der Waals surface area contributed by atoms with Crippen molar-refractivity contribution in [3.8, 4) is 0 Å². The molecule has 1 aromatic rings. The largest absolute Gasteiger partial charge is 0.310 e. The van der Waals surface area contributed by atoms with Gasteiger partial charge >= 0.3 is 0 Å². The Morgan fingerprint density at radius 2 is 2.24 bits per heavy atom. The molecule has 114 valence electrons. The highest BCUT2D eigenvalue weighted by Crippen LogP contribution is 2.37. The van der Waals surface area contributed by atoms with Crippen LogP contribution in [0.5, 0.6) is 0 Å². The molecule has 0 radical (unpaired) electrons.